The smallest absolute Gasteiger partial charge is 0.123 e. The summed E-state index contributed by atoms with van der Waals surface area (Å²) in [7, 11) is 4.18. The SMILES string of the molecule is CN(C)C(c1ccc(Cl)cc1)C1CCC(O)(c2cccc(F)c2)CC1. The predicted molar refractivity (Wildman–Crippen MR) is 100 cm³/mol. The van der Waals surface area contributed by atoms with E-state index >= 15 is 0 Å². The molecule has 1 N–H and O–H groups in total. The Kier molecular flexibility index (Phi) is 5.47. The fourth-order valence-electron chi connectivity index (χ4n) is 4.15. The van der Waals surface area contributed by atoms with E-state index in [2.05, 4.69) is 31.1 Å². The van der Waals surface area contributed by atoms with E-state index in [1.54, 1.807) is 6.07 Å². The minimum atomic E-state index is -0.921. The Morgan fingerprint density at radius 1 is 1.12 bits per heavy atom. The van der Waals surface area contributed by atoms with Crippen molar-refractivity contribution in [1.82, 2.24) is 4.90 Å². The lowest BCUT2D eigenvalue weighted by atomic mass is 9.71. The summed E-state index contributed by atoms with van der Waals surface area (Å²) in [6.45, 7) is 0. The second-order valence-corrected chi connectivity index (χ2v) is 7.78. The van der Waals surface area contributed by atoms with Crippen molar-refractivity contribution in [3.63, 3.8) is 0 Å². The lowest BCUT2D eigenvalue weighted by molar-refractivity contribution is -0.0256. The van der Waals surface area contributed by atoms with Gasteiger partial charge in [0.15, 0.2) is 0 Å². The van der Waals surface area contributed by atoms with Crippen LogP contribution in [0.25, 0.3) is 0 Å². The molecule has 1 unspecified atom stereocenters. The molecule has 134 valence electrons. The van der Waals surface area contributed by atoms with Crippen LogP contribution in [0.1, 0.15) is 42.9 Å². The zero-order valence-electron chi connectivity index (χ0n) is 14.8. The Labute approximate surface area is 154 Å². The van der Waals surface area contributed by atoms with Crippen LogP contribution in [0, 0.1) is 11.7 Å². The summed E-state index contributed by atoms with van der Waals surface area (Å²) in [5.74, 6) is 0.158. The minimum Gasteiger partial charge on any atom is -0.385 e. The molecule has 0 spiro atoms. The molecule has 1 aliphatic rings. The molecule has 3 rings (SSSR count). The molecule has 0 bridgehead atoms. The third-order valence-electron chi connectivity index (χ3n) is 5.43. The molecule has 2 aromatic carbocycles. The van der Waals surface area contributed by atoms with E-state index in [1.807, 2.05) is 18.2 Å². The van der Waals surface area contributed by atoms with Crippen LogP contribution in [0.15, 0.2) is 48.5 Å². The van der Waals surface area contributed by atoms with Crippen molar-refractivity contribution in [3.8, 4) is 0 Å². The molecule has 0 aromatic heterocycles. The zero-order chi connectivity index (χ0) is 18.0. The summed E-state index contributed by atoms with van der Waals surface area (Å²) < 4.78 is 13.5. The van der Waals surface area contributed by atoms with Gasteiger partial charge in [0.2, 0.25) is 0 Å². The molecule has 25 heavy (non-hydrogen) atoms. The molecule has 1 aliphatic carbocycles. The van der Waals surface area contributed by atoms with Crippen molar-refractivity contribution in [2.24, 2.45) is 5.92 Å². The molecular weight excluding hydrogens is 337 g/mol. The van der Waals surface area contributed by atoms with Gasteiger partial charge >= 0.3 is 0 Å². The fraction of sp³-hybridized carbons (Fsp3) is 0.429. The Bertz CT molecular complexity index is 708. The number of benzene rings is 2. The van der Waals surface area contributed by atoms with E-state index in [0.29, 0.717) is 24.3 Å². The van der Waals surface area contributed by atoms with Gasteiger partial charge in [0, 0.05) is 11.1 Å². The minimum absolute atomic E-state index is 0.286. The first-order valence-corrected chi connectivity index (χ1v) is 9.17. The first-order chi connectivity index (χ1) is 11.9. The van der Waals surface area contributed by atoms with Crippen LogP contribution in [0.5, 0.6) is 0 Å². The number of nitrogens with zero attached hydrogens (tertiary/aromatic N) is 1. The van der Waals surface area contributed by atoms with Crippen molar-refractivity contribution < 1.29 is 9.50 Å². The number of halogens is 2. The van der Waals surface area contributed by atoms with Crippen LogP contribution < -0.4 is 0 Å². The van der Waals surface area contributed by atoms with Crippen molar-refractivity contribution in [1.29, 1.82) is 0 Å². The summed E-state index contributed by atoms with van der Waals surface area (Å²) in [5.41, 5.74) is 1.02. The van der Waals surface area contributed by atoms with Gasteiger partial charge in [-0.05, 0) is 81.1 Å². The summed E-state index contributed by atoms with van der Waals surface area (Å²) in [6.07, 6.45) is 3.11. The topological polar surface area (TPSA) is 23.5 Å². The molecule has 0 saturated heterocycles. The standard InChI is InChI=1S/C21H25ClFNO/c1-24(2)20(15-6-8-18(22)9-7-15)16-10-12-21(25,13-11-16)17-4-3-5-19(23)14-17/h3-9,14,16,20,25H,10-13H2,1-2H3. The van der Waals surface area contributed by atoms with Gasteiger partial charge in [-0.2, -0.15) is 0 Å². The van der Waals surface area contributed by atoms with E-state index in [9.17, 15) is 9.50 Å². The highest BCUT2D eigenvalue weighted by atomic mass is 35.5. The van der Waals surface area contributed by atoms with Crippen LogP contribution in [0.3, 0.4) is 0 Å². The maximum absolute atomic E-state index is 13.5. The van der Waals surface area contributed by atoms with Crippen molar-refractivity contribution in [2.45, 2.75) is 37.3 Å². The second-order valence-electron chi connectivity index (χ2n) is 7.34. The van der Waals surface area contributed by atoms with Crippen LogP contribution in [-0.4, -0.2) is 24.1 Å². The summed E-state index contributed by atoms with van der Waals surface area (Å²) >= 11 is 6.02. The second kappa shape index (κ2) is 7.45. The largest absolute Gasteiger partial charge is 0.385 e. The molecule has 4 heteroatoms. The third kappa shape index (κ3) is 4.05. The average molecular weight is 362 g/mol. The van der Waals surface area contributed by atoms with Gasteiger partial charge in [-0.15, -0.1) is 0 Å². The maximum atomic E-state index is 13.5. The van der Waals surface area contributed by atoms with Crippen LogP contribution in [0.4, 0.5) is 4.39 Å². The quantitative estimate of drug-likeness (QED) is 0.813. The maximum Gasteiger partial charge on any atom is 0.123 e. The van der Waals surface area contributed by atoms with Crippen LogP contribution in [0.2, 0.25) is 5.02 Å². The average Bonchev–Trinajstić information content (AvgIpc) is 2.58. The number of hydrogen-bond acceptors (Lipinski definition) is 2. The Balaban J connectivity index is 1.76. The van der Waals surface area contributed by atoms with Gasteiger partial charge in [0.25, 0.3) is 0 Å². The molecule has 1 atom stereocenters. The van der Waals surface area contributed by atoms with E-state index in [1.165, 1.54) is 17.7 Å². The number of aliphatic hydroxyl groups is 1. The summed E-state index contributed by atoms with van der Waals surface area (Å²) in [5, 5.41) is 11.8. The number of rotatable bonds is 4. The normalized spacial score (nSPS) is 25.1. The zero-order valence-corrected chi connectivity index (χ0v) is 15.5. The van der Waals surface area contributed by atoms with E-state index in [0.717, 1.165) is 17.9 Å². The van der Waals surface area contributed by atoms with Crippen molar-refractivity contribution in [2.75, 3.05) is 14.1 Å². The highest BCUT2D eigenvalue weighted by Crippen LogP contribution is 2.45. The molecule has 1 fully saturated rings. The van der Waals surface area contributed by atoms with Crippen molar-refractivity contribution in [3.05, 3.63) is 70.5 Å². The lowest BCUT2D eigenvalue weighted by Crippen LogP contribution is -2.36. The monoisotopic (exact) mass is 361 g/mol. The van der Waals surface area contributed by atoms with E-state index in [4.69, 9.17) is 11.6 Å². The molecule has 2 aromatic rings. The molecule has 0 amide bonds. The lowest BCUT2D eigenvalue weighted by Gasteiger charge is -2.41. The highest BCUT2D eigenvalue weighted by molar-refractivity contribution is 6.30. The Hall–Kier alpha value is -1.42. The van der Waals surface area contributed by atoms with Crippen LogP contribution >= 0.6 is 11.6 Å². The fourth-order valence-corrected chi connectivity index (χ4v) is 4.28. The Morgan fingerprint density at radius 2 is 1.76 bits per heavy atom. The molecule has 0 aliphatic heterocycles. The van der Waals surface area contributed by atoms with Gasteiger partial charge in [0.1, 0.15) is 5.82 Å². The van der Waals surface area contributed by atoms with Crippen LogP contribution in [-0.2, 0) is 5.60 Å². The third-order valence-corrected chi connectivity index (χ3v) is 5.69. The van der Waals surface area contributed by atoms with Crippen molar-refractivity contribution >= 4 is 11.6 Å². The van der Waals surface area contributed by atoms with Gasteiger partial charge in [0.05, 0.1) is 5.60 Å². The predicted octanol–water partition coefficient (Wildman–Crippen LogP) is 5.16. The molecule has 0 radical (unpaired) electrons. The van der Waals surface area contributed by atoms with Gasteiger partial charge < -0.3 is 10.0 Å². The van der Waals surface area contributed by atoms with E-state index < -0.39 is 5.60 Å². The van der Waals surface area contributed by atoms with Gasteiger partial charge in [-0.3, -0.25) is 0 Å². The van der Waals surface area contributed by atoms with Gasteiger partial charge in [-0.25, -0.2) is 4.39 Å². The molecule has 2 nitrogen and oxygen atoms in total. The molecular formula is C21H25ClFNO. The first kappa shape index (κ1) is 18.4. The molecule has 1 saturated carbocycles. The van der Waals surface area contributed by atoms with Gasteiger partial charge in [-0.1, -0.05) is 35.9 Å². The van der Waals surface area contributed by atoms with E-state index in [-0.39, 0.29) is 11.9 Å². The number of hydrogen-bond donors (Lipinski definition) is 1. The molecule has 0 heterocycles. The summed E-state index contributed by atoms with van der Waals surface area (Å²) in [4.78, 5) is 2.24. The highest BCUT2D eigenvalue weighted by Gasteiger charge is 2.38. The first-order valence-electron chi connectivity index (χ1n) is 8.79. The summed E-state index contributed by atoms with van der Waals surface area (Å²) in [6, 6.07) is 14.7. The Morgan fingerprint density at radius 3 is 2.32 bits per heavy atom.